The molecule has 8 heteroatoms. The second-order valence-electron chi connectivity index (χ2n) is 7.85. The third-order valence-electron chi connectivity index (χ3n) is 5.32. The summed E-state index contributed by atoms with van der Waals surface area (Å²) in [6.07, 6.45) is 0.187. The minimum atomic E-state index is -1.16. The summed E-state index contributed by atoms with van der Waals surface area (Å²) >= 11 is 0. The second-order valence-corrected chi connectivity index (χ2v) is 7.85. The van der Waals surface area contributed by atoms with Gasteiger partial charge in [-0.2, -0.15) is 0 Å². The number of rotatable bonds is 6. The van der Waals surface area contributed by atoms with Gasteiger partial charge >= 0.3 is 5.97 Å². The lowest BCUT2D eigenvalue weighted by Crippen LogP contribution is -2.47. The number of hydrogen-bond donors (Lipinski definition) is 0. The Balaban J connectivity index is 1.53. The molecule has 2 aliphatic heterocycles. The van der Waals surface area contributed by atoms with Crippen LogP contribution in [0.4, 0.5) is 0 Å². The molecule has 0 radical (unpaired) electrons. The number of amides is 4. The van der Waals surface area contributed by atoms with Crippen LogP contribution < -0.4 is 0 Å². The molecule has 0 bridgehead atoms. The van der Waals surface area contributed by atoms with Crippen LogP contribution in [0.2, 0.25) is 0 Å². The van der Waals surface area contributed by atoms with Crippen molar-refractivity contribution in [3.63, 3.8) is 0 Å². The normalized spacial score (nSPS) is 16.1. The number of benzene rings is 2. The summed E-state index contributed by atoms with van der Waals surface area (Å²) in [6, 6.07) is 11.5. The van der Waals surface area contributed by atoms with Gasteiger partial charge in [0.15, 0.2) is 6.73 Å². The molecule has 0 aliphatic carbocycles. The molecule has 0 N–H and O–H groups in total. The Morgan fingerprint density at radius 2 is 1.19 bits per heavy atom. The maximum atomic E-state index is 12.9. The van der Waals surface area contributed by atoms with Gasteiger partial charge in [-0.3, -0.25) is 24.1 Å². The molecular formula is C23H20N2O6. The molecule has 0 spiro atoms. The van der Waals surface area contributed by atoms with Gasteiger partial charge in [0.2, 0.25) is 0 Å². The molecule has 2 aromatic carbocycles. The molecule has 4 rings (SSSR count). The van der Waals surface area contributed by atoms with Gasteiger partial charge in [0.25, 0.3) is 23.6 Å². The van der Waals surface area contributed by atoms with E-state index >= 15 is 0 Å². The van der Waals surface area contributed by atoms with Crippen LogP contribution in [0.1, 0.15) is 61.7 Å². The molecule has 0 saturated heterocycles. The molecule has 8 nitrogen and oxygen atoms in total. The highest BCUT2D eigenvalue weighted by atomic mass is 16.5. The molecule has 31 heavy (non-hydrogen) atoms. The summed E-state index contributed by atoms with van der Waals surface area (Å²) < 4.78 is 5.27. The SMILES string of the molecule is CC(C)CC(C(=O)OCN1C(=O)c2ccccc2C1=O)N1C(=O)c2ccccc2C1=O. The van der Waals surface area contributed by atoms with Crippen molar-refractivity contribution in [2.24, 2.45) is 5.92 Å². The first-order valence-corrected chi connectivity index (χ1v) is 9.90. The minimum absolute atomic E-state index is 0.0267. The highest BCUT2D eigenvalue weighted by molar-refractivity contribution is 6.23. The van der Waals surface area contributed by atoms with Gasteiger partial charge < -0.3 is 4.74 Å². The first-order chi connectivity index (χ1) is 14.8. The number of esters is 1. The van der Waals surface area contributed by atoms with Gasteiger partial charge in [-0.25, -0.2) is 9.69 Å². The van der Waals surface area contributed by atoms with E-state index in [0.29, 0.717) is 0 Å². The topological polar surface area (TPSA) is 101 Å². The average Bonchev–Trinajstić information content (AvgIpc) is 3.15. The van der Waals surface area contributed by atoms with Crippen LogP contribution in [0, 0.1) is 5.92 Å². The van der Waals surface area contributed by atoms with Gasteiger partial charge in [-0.1, -0.05) is 38.1 Å². The zero-order chi connectivity index (χ0) is 22.3. The van der Waals surface area contributed by atoms with Crippen LogP contribution in [-0.4, -0.2) is 52.2 Å². The first kappa shape index (κ1) is 20.5. The lowest BCUT2D eigenvalue weighted by Gasteiger charge is -2.26. The molecule has 2 aliphatic rings. The Labute approximate surface area is 178 Å². The predicted octanol–water partition coefficient (Wildman–Crippen LogP) is 2.49. The average molecular weight is 420 g/mol. The van der Waals surface area contributed by atoms with E-state index in [9.17, 15) is 24.0 Å². The molecule has 0 aromatic heterocycles. The fourth-order valence-electron chi connectivity index (χ4n) is 3.83. The maximum Gasteiger partial charge on any atom is 0.331 e. The molecule has 1 unspecified atom stereocenters. The van der Waals surface area contributed by atoms with Crippen molar-refractivity contribution in [1.82, 2.24) is 9.80 Å². The fraction of sp³-hybridized carbons (Fsp3) is 0.261. The molecule has 0 saturated carbocycles. The van der Waals surface area contributed by atoms with Crippen LogP contribution in [0.15, 0.2) is 48.5 Å². The highest BCUT2D eigenvalue weighted by Crippen LogP contribution is 2.28. The number of carbonyl (C=O) groups excluding carboxylic acids is 5. The summed E-state index contributed by atoms with van der Waals surface area (Å²) in [6.45, 7) is 3.11. The summed E-state index contributed by atoms with van der Waals surface area (Å²) in [5, 5.41) is 0. The van der Waals surface area contributed by atoms with Crippen molar-refractivity contribution in [3.05, 3.63) is 70.8 Å². The monoisotopic (exact) mass is 420 g/mol. The lowest BCUT2D eigenvalue weighted by atomic mass is 10.0. The van der Waals surface area contributed by atoms with Crippen LogP contribution >= 0.6 is 0 Å². The Morgan fingerprint density at radius 1 is 0.774 bits per heavy atom. The van der Waals surface area contributed by atoms with Gasteiger partial charge in [0.05, 0.1) is 22.3 Å². The Morgan fingerprint density at radius 3 is 1.61 bits per heavy atom. The van der Waals surface area contributed by atoms with Crippen molar-refractivity contribution in [2.45, 2.75) is 26.3 Å². The second kappa shape index (κ2) is 7.79. The Kier molecular flexibility index (Phi) is 5.14. The largest absolute Gasteiger partial charge is 0.442 e. The van der Waals surface area contributed by atoms with Gasteiger partial charge in [0, 0.05) is 0 Å². The van der Waals surface area contributed by atoms with E-state index in [-0.39, 0.29) is 34.6 Å². The van der Waals surface area contributed by atoms with E-state index in [0.717, 1.165) is 9.80 Å². The van der Waals surface area contributed by atoms with Crippen molar-refractivity contribution < 1.29 is 28.7 Å². The van der Waals surface area contributed by atoms with Gasteiger partial charge in [-0.15, -0.1) is 0 Å². The van der Waals surface area contributed by atoms with Crippen LogP contribution in [0.3, 0.4) is 0 Å². The Hall–Kier alpha value is -3.81. The number of hydrogen-bond acceptors (Lipinski definition) is 6. The fourth-order valence-corrected chi connectivity index (χ4v) is 3.83. The number of fused-ring (bicyclic) bond motifs is 2. The number of ether oxygens (including phenoxy) is 1. The predicted molar refractivity (Wildman–Crippen MR) is 108 cm³/mol. The summed E-state index contributed by atoms with van der Waals surface area (Å²) in [5.41, 5.74) is 0.939. The summed E-state index contributed by atoms with van der Waals surface area (Å²) in [5.74, 6) is -3.13. The highest BCUT2D eigenvalue weighted by Gasteiger charge is 2.44. The molecule has 2 heterocycles. The van der Waals surface area contributed by atoms with Crippen LogP contribution in [0.5, 0.6) is 0 Å². The van der Waals surface area contributed by atoms with Gasteiger partial charge in [0.1, 0.15) is 6.04 Å². The smallest absolute Gasteiger partial charge is 0.331 e. The Bertz CT molecular complexity index is 1050. The van der Waals surface area contributed by atoms with E-state index < -0.39 is 42.4 Å². The van der Waals surface area contributed by atoms with Crippen LogP contribution in [-0.2, 0) is 9.53 Å². The van der Waals surface area contributed by atoms with E-state index in [1.54, 1.807) is 24.3 Å². The van der Waals surface area contributed by atoms with Crippen molar-refractivity contribution in [3.8, 4) is 0 Å². The third-order valence-corrected chi connectivity index (χ3v) is 5.32. The molecule has 158 valence electrons. The van der Waals surface area contributed by atoms with Crippen molar-refractivity contribution in [2.75, 3.05) is 6.73 Å². The van der Waals surface area contributed by atoms with Crippen LogP contribution in [0.25, 0.3) is 0 Å². The summed E-state index contributed by atoms with van der Waals surface area (Å²) in [4.78, 5) is 65.3. The number of carbonyl (C=O) groups is 5. The molecule has 4 amide bonds. The van der Waals surface area contributed by atoms with E-state index in [1.165, 1.54) is 24.3 Å². The quantitative estimate of drug-likeness (QED) is 0.526. The molecular weight excluding hydrogens is 400 g/mol. The first-order valence-electron chi connectivity index (χ1n) is 9.90. The molecule has 1 atom stereocenters. The standard InChI is InChI=1S/C23H20N2O6/c1-13(2)11-18(25-21(28)16-9-5-6-10-17(16)22(25)29)23(30)31-12-24-19(26)14-7-3-4-8-15(14)20(24)27/h3-10,13,18H,11-12H2,1-2H3. The van der Waals surface area contributed by atoms with Gasteiger partial charge in [-0.05, 0) is 36.6 Å². The van der Waals surface area contributed by atoms with E-state index in [2.05, 4.69) is 0 Å². The minimum Gasteiger partial charge on any atom is -0.442 e. The van der Waals surface area contributed by atoms with Crippen molar-refractivity contribution in [1.29, 1.82) is 0 Å². The maximum absolute atomic E-state index is 12.9. The molecule has 0 fully saturated rings. The zero-order valence-electron chi connectivity index (χ0n) is 17.0. The number of imide groups is 2. The van der Waals surface area contributed by atoms with E-state index in [1.807, 2.05) is 13.8 Å². The third kappa shape index (κ3) is 3.39. The molecule has 2 aromatic rings. The zero-order valence-corrected chi connectivity index (χ0v) is 17.0. The number of nitrogens with zero attached hydrogens (tertiary/aromatic N) is 2. The lowest BCUT2D eigenvalue weighted by molar-refractivity contribution is -0.151. The summed E-state index contributed by atoms with van der Waals surface area (Å²) in [7, 11) is 0. The van der Waals surface area contributed by atoms with E-state index in [4.69, 9.17) is 4.74 Å². The van der Waals surface area contributed by atoms with Crippen molar-refractivity contribution >= 4 is 29.6 Å².